The molecule has 5 rings (SSSR count). The van der Waals surface area contributed by atoms with Gasteiger partial charge in [0, 0.05) is 74.9 Å². The summed E-state index contributed by atoms with van der Waals surface area (Å²) in [6.07, 6.45) is 4.17. The van der Waals surface area contributed by atoms with Crippen molar-refractivity contribution in [3.8, 4) is 0 Å². The summed E-state index contributed by atoms with van der Waals surface area (Å²) in [5.41, 5.74) is 4.18. The summed E-state index contributed by atoms with van der Waals surface area (Å²) < 4.78 is 14.5. The maximum absolute atomic E-state index is 14.5. The molecule has 0 saturated carbocycles. The van der Waals surface area contributed by atoms with Crippen LogP contribution in [0.25, 0.3) is 0 Å². The number of amides is 3. The van der Waals surface area contributed by atoms with Crippen molar-refractivity contribution in [3.63, 3.8) is 0 Å². The van der Waals surface area contributed by atoms with Crippen LogP contribution >= 0.6 is 0 Å². The number of fused-ring (bicyclic) bond motifs is 1. The third kappa shape index (κ3) is 4.08. The van der Waals surface area contributed by atoms with Gasteiger partial charge in [0.05, 0.1) is 0 Å². The number of benzene rings is 1. The van der Waals surface area contributed by atoms with Crippen LogP contribution in [0.5, 0.6) is 0 Å². The SMILES string of the molecule is Cc1ccncc1CN1CCN(c2cc(F)cc3c2CN(C2CCC(=O)NC2=O)C3=O)CC1. The quantitative estimate of drug-likeness (QED) is 0.711. The fraction of sp³-hybridized carbons (Fsp3) is 0.417. The number of anilines is 1. The maximum atomic E-state index is 14.5. The third-order valence-electron chi connectivity index (χ3n) is 6.85. The Bertz CT molecular complexity index is 1130. The van der Waals surface area contributed by atoms with Crippen LogP contribution in [0, 0.1) is 12.7 Å². The highest BCUT2D eigenvalue weighted by Crippen LogP contribution is 2.35. The highest BCUT2D eigenvalue weighted by molar-refractivity contribution is 6.06. The molecule has 1 atom stereocenters. The van der Waals surface area contributed by atoms with Crippen LogP contribution in [-0.4, -0.2) is 64.7 Å². The van der Waals surface area contributed by atoms with E-state index in [4.69, 9.17) is 0 Å². The largest absolute Gasteiger partial charge is 0.369 e. The van der Waals surface area contributed by atoms with Gasteiger partial charge < -0.3 is 9.80 Å². The number of nitrogens with one attached hydrogen (secondary N) is 1. The van der Waals surface area contributed by atoms with Crippen molar-refractivity contribution in [2.45, 2.75) is 38.9 Å². The molecule has 1 unspecified atom stereocenters. The first-order chi connectivity index (χ1) is 15.9. The first-order valence-electron chi connectivity index (χ1n) is 11.2. The van der Waals surface area contributed by atoms with Crippen molar-refractivity contribution >= 4 is 23.4 Å². The third-order valence-corrected chi connectivity index (χ3v) is 6.85. The molecule has 0 radical (unpaired) electrons. The van der Waals surface area contributed by atoms with Crippen molar-refractivity contribution in [2.24, 2.45) is 0 Å². The second-order valence-corrected chi connectivity index (χ2v) is 8.92. The van der Waals surface area contributed by atoms with Gasteiger partial charge >= 0.3 is 0 Å². The number of hydrogen-bond donors (Lipinski definition) is 1. The van der Waals surface area contributed by atoms with Crippen molar-refractivity contribution < 1.29 is 18.8 Å². The van der Waals surface area contributed by atoms with Crippen molar-refractivity contribution in [1.82, 2.24) is 20.1 Å². The van der Waals surface area contributed by atoms with Crippen LogP contribution in [0.3, 0.4) is 0 Å². The van der Waals surface area contributed by atoms with Gasteiger partial charge in [-0.1, -0.05) is 0 Å². The number of pyridine rings is 1. The van der Waals surface area contributed by atoms with Gasteiger partial charge in [0.15, 0.2) is 0 Å². The molecule has 0 bridgehead atoms. The monoisotopic (exact) mass is 451 g/mol. The second kappa shape index (κ2) is 8.55. The molecule has 2 aromatic rings. The Morgan fingerprint density at radius 1 is 1.15 bits per heavy atom. The zero-order valence-corrected chi connectivity index (χ0v) is 18.5. The molecule has 1 N–H and O–H groups in total. The summed E-state index contributed by atoms with van der Waals surface area (Å²) in [4.78, 5) is 47.1. The molecule has 3 amide bonds. The molecule has 3 aliphatic heterocycles. The highest BCUT2D eigenvalue weighted by Gasteiger charge is 2.41. The molecular formula is C24H26FN5O3. The van der Waals surface area contributed by atoms with Crippen LogP contribution < -0.4 is 10.2 Å². The molecule has 4 heterocycles. The number of piperidine rings is 1. The number of aromatic nitrogens is 1. The summed E-state index contributed by atoms with van der Waals surface area (Å²) in [6, 6.07) is 4.04. The number of piperazine rings is 1. The van der Waals surface area contributed by atoms with E-state index in [2.05, 4.69) is 27.0 Å². The Hall–Kier alpha value is -3.33. The standard InChI is InChI=1S/C24H26FN5O3/c1-15-4-5-26-12-16(15)13-28-6-8-29(9-7-28)21-11-17(25)10-18-19(21)14-30(24(18)33)20-2-3-22(31)27-23(20)32/h4-5,10-12,20H,2-3,6-9,13-14H2,1H3,(H,27,31,32). The number of nitrogens with zero attached hydrogens (tertiary/aromatic N) is 4. The highest BCUT2D eigenvalue weighted by atomic mass is 19.1. The molecule has 1 aromatic carbocycles. The predicted molar refractivity (Wildman–Crippen MR) is 119 cm³/mol. The van der Waals surface area contributed by atoms with E-state index in [-0.39, 0.29) is 31.2 Å². The minimum atomic E-state index is -0.710. The Morgan fingerprint density at radius 3 is 2.67 bits per heavy atom. The lowest BCUT2D eigenvalue weighted by molar-refractivity contribution is -0.136. The first kappa shape index (κ1) is 21.5. The van der Waals surface area contributed by atoms with E-state index < -0.39 is 17.8 Å². The number of aryl methyl sites for hydroxylation is 1. The zero-order chi connectivity index (χ0) is 23.1. The Kier molecular flexibility index (Phi) is 5.57. The Labute approximate surface area is 191 Å². The first-order valence-corrected chi connectivity index (χ1v) is 11.2. The lowest BCUT2D eigenvalue weighted by Crippen LogP contribution is -2.52. The number of rotatable bonds is 4. The van der Waals surface area contributed by atoms with Crippen molar-refractivity contribution in [1.29, 1.82) is 0 Å². The number of carbonyl (C=O) groups excluding carboxylic acids is 3. The molecule has 172 valence electrons. The van der Waals surface area contributed by atoms with Gasteiger partial charge in [-0.15, -0.1) is 0 Å². The fourth-order valence-corrected chi connectivity index (χ4v) is 4.94. The molecule has 9 heteroatoms. The summed E-state index contributed by atoms with van der Waals surface area (Å²) in [5.74, 6) is -1.61. The molecule has 0 aliphatic carbocycles. The van der Waals surface area contributed by atoms with Gasteiger partial charge in [-0.25, -0.2) is 4.39 Å². The maximum Gasteiger partial charge on any atom is 0.255 e. The van der Waals surface area contributed by atoms with E-state index in [1.165, 1.54) is 28.2 Å². The zero-order valence-electron chi connectivity index (χ0n) is 18.5. The molecule has 2 saturated heterocycles. The van der Waals surface area contributed by atoms with Crippen LogP contribution in [0.4, 0.5) is 10.1 Å². The van der Waals surface area contributed by atoms with Crippen LogP contribution in [-0.2, 0) is 22.7 Å². The van der Waals surface area contributed by atoms with Gasteiger partial charge in [-0.2, -0.15) is 0 Å². The van der Waals surface area contributed by atoms with Crippen LogP contribution in [0.1, 0.15) is 39.9 Å². The second-order valence-electron chi connectivity index (χ2n) is 8.92. The van der Waals surface area contributed by atoms with Gasteiger partial charge in [-0.3, -0.25) is 29.6 Å². The molecule has 33 heavy (non-hydrogen) atoms. The molecule has 1 aromatic heterocycles. The molecule has 8 nitrogen and oxygen atoms in total. The molecular weight excluding hydrogens is 425 g/mol. The van der Waals surface area contributed by atoms with E-state index in [1.54, 1.807) is 6.20 Å². The van der Waals surface area contributed by atoms with Crippen LogP contribution in [0.2, 0.25) is 0 Å². The smallest absolute Gasteiger partial charge is 0.255 e. The van der Waals surface area contributed by atoms with E-state index in [0.29, 0.717) is 24.3 Å². The summed E-state index contributed by atoms with van der Waals surface area (Å²) >= 11 is 0. The van der Waals surface area contributed by atoms with Crippen LogP contribution in [0.15, 0.2) is 30.6 Å². The summed E-state index contributed by atoms with van der Waals surface area (Å²) in [6.45, 7) is 6.18. The average molecular weight is 452 g/mol. The van der Waals surface area contributed by atoms with Gasteiger partial charge in [0.2, 0.25) is 11.8 Å². The van der Waals surface area contributed by atoms with Crippen molar-refractivity contribution in [2.75, 3.05) is 31.1 Å². The number of imide groups is 1. The average Bonchev–Trinajstić information content (AvgIpc) is 3.11. The normalized spacial score (nSPS) is 21.4. The van der Waals surface area contributed by atoms with Gasteiger partial charge in [-0.05, 0) is 42.7 Å². The molecule has 3 aliphatic rings. The Morgan fingerprint density at radius 2 is 1.94 bits per heavy atom. The predicted octanol–water partition coefficient (Wildman–Crippen LogP) is 1.61. The lowest BCUT2D eigenvalue weighted by Gasteiger charge is -2.37. The Balaban J connectivity index is 1.32. The van der Waals surface area contributed by atoms with E-state index in [0.717, 1.165) is 25.2 Å². The fourth-order valence-electron chi connectivity index (χ4n) is 4.94. The van der Waals surface area contributed by atoms with E-state index >= 15 is 0 Å². The molecule has 2 fully saturated rings. The molecule has 0 spiro atoms. The minimum absolute atomic E-state index is 0.191. The minimum Gasteiger partial charge on any atom is -0.369 e. The number of halogens is 1. The summed E-state index contributed by atoms with van der Waals surface area (Å²) in [5, 5.41) is 2.31. The van der Waals surface area contributed by atoms with Gasteiger partial charge in [0.25, 0.3) is 5.91 Å². The van der Waals surface area contributed by atoms with E-state index in [1.807, 2.05) is 12.3 Å². The van der Waals surface area contributed by atoms with E-state index in [9.17, 15) is 18.8 Å². The number of hydrogen-bond acceptors (Lipinski definition) is 6. The van der Waals surface area contributed by atoms with Crippen molar-refractivity contribution in [3.05, 3.63) is 58.7 Å². The number of carbonyl (C=O) groups is 3. The summed E-state index contributed by atoms with van der Waals surface area (Å²) in [7, 11) is 0. The van der Waals surface area contributed by atoms with Gasteiger partial charge in [0.1, 0.15) is 11.9 Å². The lowest BCUT2D eigenvalue weighted by atomic mass is 10.0. The topological polar surface area (TPSA) is 85.8 Å².